The highest BCUT2D eigenvalue weighted by Gasteiger charge is 2.28. The topological polar surface area (TPSA) is 75.7 Å². The summed E-state index contributed by atoms with van der Waals surface area (Å²) >= 11 is 0. The second kappa shape index (κ2) is 9.41. The van der Waals surface area contributed by atoms with Crippen molar-refractivity contribution < 1.29 is 17.9 Å². The van der Waals surface area contributed by atoms with Gasteiger partial charge in [0.2, 0.25) is 10.0 Å². The molecule has 3 rings (SSSR count). The van der Waals surface area contributed by atoms with Crippen molar-refractivity contribution in [2.75, 3.05) is 25.0 Å². The standard InChI is InChI=1S/C22H28N2O4S/c1-3-16-28-21-7-5-4-6-20(21)23-22(25)18-8-10-19(11-9-18)29(26,27)24-14-12-17(2)13-15-24/h4-11,17H,3,12-16H2,1-2H3,(H,23,25). The molecule has 156 valence electrons. The molecule has 0 atom stereocenters. The Balaban J connectivity index is 1.71. The lowest BCUT2D eigenvalue weighted by Gasteiger charge is -2.29. The summed E-state index contributed by atoms with van der Waals surface area (Å²) in [7, 11) is -3.52. The normalized spacial score (nSPS) is 15.8. The Morgan fingerprint density at radius 1 is 1.10 bits per heavy atom. The molecule has 6 nitrogen and oxygen atoms in total. The van der Waals surface area contributed by atoms with Crippen LogP contribution in [-0.4, -0.2) is 38.3 Å². The van der Waals surface area contributed by atoms with Gasteiger partial charge in [-0.2, -0.15) is 4.31 Å². The second-order valence-corrected chi connectivity index (χ2v) is 9.35. The smallest absolute Gasteiger partial charge is 0.255 e. The third kappa shape index (κ3) is 5.16. The molecule has 1 fully saturated rings. The Morgan fingerprint density at radius 3 is 2.41 bits per heavy atom. The summed E-state index contributed by atoms with van der Waals surface area (Å²) in [4.78, 5) is 12.8. The van der Waals surface area contributed by atoms with Crippen molar-refractivity contribution in [2.24, 2.45) is 5.92 Å². The maximum absolute atomic E-state index is 12.8. The fourth-order valence-corrected chi connectivity index (χ4v) is 4.72. The predicted octanol–water partition coefficient (Wildman–Crippen LogP) is 4.15. The SMILES string of the molecule is CCCOc1ccccc1NC(=O)c1ccc(S(=O)(=O)N2CCC(C)CC2)cc1. The molecule has 29 heavy (non-hydrogen) atoms. The molecular formula is C22H28N2O4S. The number of rotatable bonds is 7. The first-order valence-electron chi connectivity index (χ1n) is 10.0. The number of carbonyl (C=O) groups excluding carboxylic acids is 1. The lowest BCUT2D eigenvalue weighted by atomic mass is 10.0. The molecule has 2 aromatic rings. The summed E-state index contributed by atoms with van der Waals surface area (Å²) in [5.74, 6) is 0.853. The minimum atomic E-state index is -3.52. The molecule has 2 aromatic carbocycles. The largest absolute Gasteiger partial charge is 0.491 e. The van der Waals surface area contributed by atoms with Crippen LogP contribution in [0.4, 0.5) is 5.69 Å². The van der Waals surface area contributed by atoms with E-state index in [-0.39, 0.29) is 10.8 Å². The summed E-state index contributed by atoms with van der Waals surface area (Å²) in [5, 5.41) is 2.84. The van der Waals surface area contributed by atoms with Crippen LogP contribution in [-0.2, 0) is 10.0 Å². The summed E-state index contributed by atoms with van der Waals surface area (Å²) in [6, 6.07) is 13.4. The van der Waals surface area contributed by atoms with E-state index in [0.717, 1.165) is 19.3 Å². The number of nitrogens with one attached hydrogen (secondary N) is 1. The lowest BCUT2D eigenvalue weighted by Crippen LogP contribution is -2.37. The van der Waals surface area contributed by atoms with Crippen LogP contribution in [0.1, 0.15) is 43.5 Å². The minimum absolute atomic E-state index is 0.218. The number of hydrogen-bond acceptors (Lipinski definition) is 4. The van der Waals surface area contributed by atoms with Crippen LogP contribution in [0.25, 0.3) is 0 Å². The number of carbonyl (C=O) groups is 1. The average Bonchev–Trinajstić information content (AvgIpc) is 2.73. The van der Waals surface area contributed by atoms with E-state index in [9.17, 15) is 13.2 Å². The molecule has 1 N–H and O–H groups in total. The Kier molecular flexibility index (Phi) is 6.92. The van der Waals surface area contributed by atoms with Crippen molar-refractivity contribution >= 4 is 21.6 Å². The number of para-hydroxylation sites is 2. The van der Waals surface area contributed by atoms with Gasteiger partial charge >= 0.3 is 0 Å². The van der Waals surface area contributed by atoms with Crippen LogP contribution in [0.2, 0.25) is 0 Å². The van der Waals surface area contributed by atoms with E-state index in [1.807, 2.05) is 19.1 Å². The summed E-state index contributed by atoms with van der Waals surface area (Å²) in [6.45, 7) is 5.80. The molecule has 0 radical (unpaired) electrons. The maximum Gasteiger partial charge on any atom is 0.255 e. The molecule has 1 aliphatic rings. The van der Waals surface area contributed by atoms with Crippen molar-refractivity contribution in [1.29, 1.82) is 0 Å². The third-order valence-electron chi connectivity index (χ3n) is 5.09. The highest BCUT2D eigenvalue weighted by atomic mass is 32.2. The van der Waals surface area contributed by atoms with Gasteiger partial charge in [0, 0.05) is 18.7 Å². The quantitative estimate of drug-likeness (QED) is 0.736. The van der Waals surface area contributed by atoms with Crippen LogP contribution >= 0.6 is 0 Å². The first-order valence-corrected chi connectivity index (χ1v) is 11.5. The van der Waals surface area contributed by atoms with Crippen molar-refractivity contribution in [2.45, 2.75) is 38.0 Å². The van der Waals surface area contributed by atoms with Gasteiger partial charge in [0.25, 0.3) is 5.91 Å². The Hall–Kier alpha value is -2.38. The molecule has 1 heterocycles. The third-order valence-corrected chi connectivity index (χ3v) is 7.01. The first kappa shape index (κ1) is 21.3. The zero-order chi connectivity index (χ0) is 20.9. The summed E-state index contributed by atoms with van der Waals surface area (Å²) in [6.07, 6.45) is 2.62. The van der Waals surface area contributed by atoms with E-state index in [0.29, 0.717) is 42.6 Å². The molecule has 1 amide bonds. The molecule has 0 unspecified atom stereocenters. The van der Waals surface area contributed by atoms with E-state index in [2.05, 4.69) is 12.2 Å². The number of piperidine rings is 1. The average molecular weight is 417 g/mol. The van der Waals surface area contributed by atoms with Gasteiger partial charge in [0.15, 0.2) is 0 Å². The molecular weight excluding hydrogens is 388 g/mol. The number of benzene rings is 2. The zero-order valence-corrected chi connectivity index (χ0v) is 17.7. The molecule has 0 aromatic heterocycles. The van der Waals surface area contributed by atoms with Gasteiger partial charge in [-0.05, 0) is 61.6 Å². The summed E-state index contributed by atoms with van der Waals surface area (Å²) < 4.78 is 32.8. The van der Waals surface area contributed by atoms with E-state index in [1.165, 1.54) is 16.4 Å². The highest BCUT2D eigenvalue weighted by molar-refractivity contribution is 7.89. The van der Waals surface area contributed by atoms with Gasteiger partial charge in [-0.1, -0.05) is 26.0 Å². The van der Waals surface area contributed by atoms with Crippen molar-refractivity contribution in [3.8, 4) is 5.75 Å². The van der Waals surface area contributed by atoms with Gasteiger partial charge in [0.05, 0.1) is 17.2 Å². The zero-order valence-electron chi connectivity index (χ0n) is 16.9. The van der Waals surface area contributed by atoms with Crippen LogP contribution in [0.3, 0.4) is 0 Å². The van der Waals surface area contributed by atoms with Gasteiger partial charge in [-0.25, -0.2) is 8.42 Å². The van der Waals surface area contributed by atoms with Gasteiger partial charge in [0.1, 0.15) is 5.75 Å². The van der Waals surface area contributed by atoms with Crippen LogP contribution in [0.15, 0.2) is 53.4 Å². The number of amides is 1. The van der Waals surface area contributed by atoms with Gasteiger partial charge in [-0.15, -0.1) is 0 Å². The van der Waals surface area contributed by atoms with Crippen molar-refractivity contribution in [3.63, 3.8) is 0 Å². The van der Waals surface area contributed by atoms with Gasteiger partial charge in [-0.3, -0.25) is 4.79 Å². The fourth-order valence-electron chi connectivity index (χ4n) is 3.25. The number of hydrogen-bond donors (Lipinski definition) is 1. The van der Waals surface area contributed by atoms with Crippen LogP contribution in [0, 0.1) is 5.92 Å². The Bertz CT molecular complexity index is 934. The van der Waals surface area contributed by atoms with E-state index in [4.69, 9.17) is 4.74 Å². The van der Waals surface area contributed by atoms with Crippen LogP contribution in [0.5, 0.6) is 5.75 Å². The number of sulfonamides is 1. The first-order chi connectivity index (χ1) is 13.9. The minimum Gasteiger partial charge on any atom is -0.491 e. The second-order valence-electron chi connectivity index (χ2n) is 7.41. The molecule has 1 saturated heterocycles. The monoisotopic (exact) mass is 416 g/mol. The van der Waals surface area contributed by atoms with Crippen molar-refractivity contribution in [1.82, 2.24) is 4.31 Å². The van der Waals surface area contributed by atoms with Crippen LogP contribution < -0.4 is 10.1 Å². The number of ether oxygens (including phenoxy) is 1. The van der Waals surface area contributed by atoms with Crippen molar-refractivity contribution in [3.05, 3.63) is 54.1 Å². The van der Waals surface area contributed by atoms with E-state index < -0.39 is 10.0 Å². The molecule has 0 aliphatic carbocycles. The lowest BCUT2D eigenvalue weighted by molar-refractivity contribution is 0.102. The van der Waals surface area contributed by atoms with E-state index >= 15 is 0 Å². The number of nitrogens with zero attached hydrogens (tertiary/aromatic N) is 1. The highest BCUT2D eigenvalue weighted by Crippen LogP contribution is 2.26. The fraction of sp³-hybridized carbons (Fsp3) is 0.409. The molecule has 0 bridgehead atoms. The molecule has 0 spiro atoms. The summed E-state index contributed by atoms with van der Waals surface area (Å²) in [5.41, 5.74) is 0.978. The van der Waals surface area contributed by atoms with E-state index in [1.54, 1.807) is 24.3 Å². The molecule has 0 saturated carbocycles. The van der Waals surface area contributed by atoms with Gasteiger partial charge < -0.3 is 10.1 Å². The molecule has 7 heteroatoms. The Morgan fingerprint density at radius 2 is 1.76 bits per heavy atom. The molecule has 1 aliphatic heterocycles. The number of anilines is 1. The Labute approximate surface area is 172 Å². The maximum atomic E-state index is 12.8. The predicted molar refractivity (Wildman–Crippen MR) is 114 cm³/mol.